The van der Waals surface area contributed by atoms with Gasteiger partial charge >= 0.3 is 0 Å². The Balaban J connectivity index is 2.26. The smallest absolute Gasteiger partial charge is 0.137 e. The van der Waals surface area contributed by atoms with Crippen molar-refractivity contribution in [1.82, 2.24) is 0 Å². The van der Waals surface area contributed by atoms with Gasteiger partial charge in [-0.15, -0.1) is 0 Å². The molecule has 0 bridgehead atoms. The molecule has 0 aromatic heterocycles. The van der Waals surface area contributed by atoms with E-state index in [1.54, 1.807) is 12.1 Å². The minimum Gasteiger partial charge on any atom is -0.206 e. The number of nitrogens with zero attached hydrogens (tertiary/aromatic N) is 1. The van der Waals surface area contributed by atoms with Gasteiger partial charge in [0.1, 0.15) is 5.82 Å². The Hall–Kier alpha value is -1.79. The average molecular weight is 243 g/mol. The van der Waals surface area contributed by atoms with Gasteiger partial charge in [-0.25, -0.2) is 4.39 Å². The lowest BCUT2D eigenvalue weighted by Crippen LogP contribution is -1.86. The second-order valence-electron chi connectivity index (χ2n) is 3.51. The highest BCUT2D eigenvalue weighted by molar-refractivity contribution is 7.99. The Morgan fingerprint density at radius 1 is 1.12 bits per heavy atom. The van der Waals surface area contributed by atoms with Crippen LogP contribution in [0.4, 0.5) is 4.39 Å². The summed E-state index contributed by atoms with van der Waals surface area (Å²) in [5.41, 5.74) is 0.840. The minimum atomic E-state index is -0.249. The van der Waals surface area contributed by atoms with Gasteiger partial charge in [-0.2, -0.15) is 5.26 Å². The number of hydrogen-bond donors (Lipinski definition) is 0. The molecule has 2 aromatic carbocycles. The van der Waals surface area contributed by atoms with Gasteiger partial charge in [-0.1, -0.05) is 36.0 Å². The lowest BCUT2D eigenvalue weighted by atomic mass is 10.2. The molecule has 0 radical (unpaired) electrons. The van der Waals surface area contributed by atoms with E-state index in [2.05, 4.69) is 6.07 Å². The van der Waals surface area contributed by atoms with Crippen molar-refractivity contribution in [3.63, 3.8) is 0 Å². The topological polar surface area (TPSA) is 23.8 Å². The summed E-state index contributed by atoms with van der Waals surface area (Å²) in [6.45, 7) is 0. The Morgan fingerprint density at radius 3 is 2.59 bits per heavy atom. The summed E-state index contributed by atoms with van der Waals surface area (Å²) in [5, 5.41) is 8.62. The summed E-state index contributed by atoms with van der Waals surface area (Å²) in [5.74, 6) is -0.249. The fraction of sp³-hybridized carbons (Fsp3) is 0.0714. The van der Waals surface area contributed by atoms with Gasteiger partial charge in [0.15, 0.2) is 0 Å². The monoisotopic (exact) mass is 243 g/mol. The van der Waals surface area contributed by atoms with Gasteiger partial charge in [0.2, 0.25) is 0 Å². The van der Waals surface area contributed by atoms with E-state index in [-0.39, 0.29) is 5.82 Å². The van der Waals surface area contributed by atoms with Crippen LogP contribution in [0.5, 0.6) is 0 Å². The van der Waals surface area contributed by atoms with Gasteiger partial charge in [-0.3, -0.25) is 0 Å². The zero-order valence-electron chi connectivity index (χ0n) is 9.06. The lowest BCUT2D eigenvalue weighted by molar-refractivity contribution is 0.601. The van der Waals surface area contributed by atoms with Crippen LogP contribution in [0, 0.1) is 17.1 Å². The second-order valence-corrected chi connectivity index (χ2v) is 4.63. The van der Waals surface area contributed by atoms with Crippen LogP contribution in [0.2, 0.25) is 0 Å². The van der Waals surface area contributed by atoms with E-state index in [1.165, 1.54) is 17.8 Å². The molecular weight excluding hydrogens is 233 g/mol. The molecule has 0 aliphatic carbocycles. The summed E-state index contributed by atoms with van der Waals surface area (Å²) in [6.07, 6.45) is 0.308. The molecule has 0 spiro atoms. The van der Waals surface area contributed by atoms with Crippen molar-refractivity contribution >= 4 is 11.8 Å². The first-order chi connectivity index (χ1) is 8.29. The van der Waals surface area contributed by atoms with Crippen LogP contribution in [0.1, 0.15) is 5.56 Å². The van der Waals surface area contributed by atoms with E-state index in [9.17, 15) is 4.39 Å². The van der Waals surface area contributed by atoms with Crippen LogP contribution < -0.4 is 0 Å². The SMILES string of the molecule is N#CCc1ccc(F)c(Sc2ccccc2)c1. The van der Waals surface area contributed by atoms with E-state index in [0.717, 1.165) is 10.5 Å². The summed E-state index contributed by atoms with van der Waals surface area (Å²) in [4.78, 5) is 1.55. The van der Waals surface area contributed by atoms with Crippen molar-refractivity contribution in [3.05, 3.63) is 59.9 Å². The van der Waals surface area contributed by atoms with Crippen LogP contribution in [0.3, 0.4) is 0 Å². The molecular formula is C14H10FNS. The van der Waals surface area contributed by atoms with Crippen LogP contribution in [0.15, 0.2) is 58.3 Å². The normalized spacial score (nSPS) is 9.88. The number of benzene rings is 2. The quantitative estimate of drug-likeness (QED) is 0.812. The summed E-state index contributed by atoms with van der Waals surface area (Å²) < 4.78 is 13.6. The van der Waals surface area contributed by atoms with E-state index in [0.29, 0.717) is 11.3 Å². The molecule has 0 fully saturated rings. The van der Waals surface area contributed by atoms with Crippen LogP contribution in [0.25, 0.3) is 0 Å². The standard InChI is InChI=1S/C14H10FNS/c15-13-7-6-11(8-9-16)10-14(13)17-12-4-2-1-3-5-12/h1-7,10H,8H2. The van der Waals surface area contributed by atoms with Crippen LogP contribution in [-0.2, 0) is 6.42 Å². The van der Waals surface area contributed by atoms with Crippen molar-refractivity contribution in [3.8, 4) is 6.07 Å². The molecule has 3 heteroatoms. The number of halogens is 1. The highest BCUT2D eigenvalue weighted by Gasteiger charge is 2.05. The molecule has 0 saturated heterocycles. The molecule has 0 unspecified atom stereocenters. The average Bonchev–Trinajstić information content (AvgIpc) is 2.35. The maximum absolute atomic E-state index is 13.6. The molecule has 2 rings (SSSR count). The highest BCUT2D eigenvalue weighted by atomic mass is 32.2. The zero-order valence-corrected chi connectivity index (χ0v) is 9.88. The maximum atomic E-state index is 13.6. The van der Waals surface area contributed by atoms with Crippen molar-refractivity contribution in [2.75, 3.05) is 0 Å². The molecule has 0 aliphatic rings. The Bertz CT molecular complexity index is 546. The van der Waals surface area contributed by atoms with E-state index in [1.807, 2.05) is 30.3 Å². The summed E-state index contributed by atoms with van der Waals surface area (Å²) >= 11 is 1.37. The molecule has 0 atom stereocenters. The highest BCUT2D eigenvalue weighted by Crippen LogP contribution is 2.30. The molecule has 0 aliphatic heterocycles. The predicted octanol–water partition coefficient (Wildman–Crippen LogP) is 4.04. The van der Waals surface area contributed by atoms with Gasteiger partial charge in [0.05, 0.1) is 12.5 Å². The Labute approximate surface area is 104 Å². The molecule has 0 heterocycles. The molecule has 84 valence electrons. The lowest BCUT2D eigenvalue weighted by Gasteiger charge is -2.04. The van der Waals surface area contributed by atoms with Crippen molar-refractivity contribution in [2.45, 2.75) is 16.2 Å². The van der Waals surface area contributed by atoms with E-state index in [4.69, 9.17) is 5.26 Å². The van der Waals surface area contributed by atoms with Crippen molar-refractivity contribution in [1.29, 1.82) is 5.26 Å². The van der Waals surface area contributed by atoms with Crippen LogP contribution in [-0.4, -0.2) is 0 Å². The molecule has 1 nitrogen and oxygen atoms in total. The third kappa shape index (κ3) is 3.08. The van der Waals surface area contributed by atoms with Crippen molar-refractivity contribution < 1.29 is 4.39 Å². The predicted molar refractivity (Wildman–Crippen MR) is 66.3 cm³/mol. The number of nitriles is 1. The molecule has 0 N–H and O–H groups in total. The number of rotatable bonds is 3. The molecule has 0 saturated carbocycles. The Kier molecular flexibility index (Phi) is 3.79. The second kappa shape index (κ2) is 5.51. The van der Waals surface area contributed by atoms with Crippen molar-refractivity contribution in [2.24, 2.45) is 0 Å². The fourth-order valence-corrected chi connectivity index (χ4v) is 2.37. The van der Waals surface area contributed by atoms with Gasteiger partial charge in [0, 0.05) is 9.79 Å². The maximum Gasteiger partial charge on any atom is 0.137 e. The molecule has 0 amide bonds. The largest absolute Gasteiger partial charge is 0.206 e. The first-order valence-electron chi connectivity index (χ1n) is 5.18. The first-order valence-corrected chi connectivity index (χ1v) is 5.99. The molecule has 2 aromatic rings. The van der Waals surface area contributed by atoms with Gasteiger partial charge < -0.3 is 0 Å². The first kappa shape index (κ1) is 11.7. The van der Waals surface area contributed by atoms with Crippen LogP contribution >= 0.6 is 11.8 Å². The molecule has 17 heavy (non-hydrogen) atoms. The van der Waals surface area contributed by atoms with E-state index < -0.39 is 0 Å². The van der Waals surface area contributed by atoms with Gasteiger partial charge in [0.25, 0.3) is 0 Å². The summed E-state index contributed by atoms with van der Waals surface area (Å²) in [7, 11) is 0. The third-order valence-corrected chi connectivity index (χ3v) is 3.29. The zero-order chi connectivity index (χ0) is 12.1. The van der Waals surface area contributed by atoms with E-state index >= 15 is 0 Å². The third-order valence-electron chi connectivity index (χ3n) is 2.25. The van der Waals surface area contributed by atoms with Gasteiger partial charge in [-0.05, 0) is 29.8 Å². The Morgan fingerprint density at radius 2 is 1.88 bits per heavy atom. The minimum absolute atomic E-state index is 0.249. The fourth-order valence-electron chi connectivity index (χ4n) is 1.44. The number of hydrogen-bond acceptors (Lipinski definition) is 2. The summed E-state index contributed by atoms with van der Waals surface area (Å²) in [6, 6.07) is 16.5.